The number of ether oxygens (including phenoxy) is 2. The minimum absolute atomic E-state index is 0.103. The van der Waals surface area contributed by atoms with E-state index in [1.807, 2.05) is 44.2 Å². The molecule has 0 aromatic heterocycles. The third-order valence-electron chi connectivity index (χ3n) is 3.83. The van der Waals surface area contributed by atoms with Crippen molar-refractivity contribution in [3.63, 3.8) is 0 Å². The van der Waals surface area contributed by atoms with Crippen molar-refractivity contribution in [2.24, 2.45) is 0 Å². The minimum Gasteiger partial charge on any atom is -0.496 e. The van der Waals surface area contributed by atoms with Crippen molar-refractivity contribution in [1.82, 2.24) is 5.32 Å². The molecule has 0 radical (unpaired) electrons. The normalized spacial score (nSPS) is 10.2. The summed E-state index contributed by atoms with van der Waals surface area (Å²) < 4.78 is 10.6. The van der Waals surface area contributed by atoms with Crippen molar-refractivity contribution in [3.8, 4) is 11.5 Å². The maximum Gasteiger partial charge on any atom is 0.251 e. The lowest BCUT2D eigenvalue weighted by atomic mass is 10.0. The van der Waals surface area contributed by atoms with Gasteiger partial charge in [0.05, 0.1) is 14.2 Å². The molecule has 4 heteroatoms. The Hall–Kier alpha value is -2.49. The molecular weight excluding hydrogens is 278 g/mol. The largest absolute Gasteiger partial charge is 0.496 e. The summed E-state index contributed by atoms with van der Waals surface area (Å²) in [5.74, 6) is 1.46. The summed E-state index contributed by atoms with van der Waals surface area (Å²) in [6.07, 6.45) is 0. The monoisotopic (exact) mass is 299 g/mol. The second-order valence-corrected chi connectivity index (χ2v) is 5.06. The fourth-order valence-electron chi connectivity index (χ4n) is 2.38. The second kappa shape index (κ2) is 6.98. The van der Waals surface area contributed by atoms with E-state index in [1.165, 1.54) is 0 Å². The van der Waals surface area contributed by atoms with Crippen LogP contribution >= 0.6 is 0 Å². The maximum atomic E-state index is 12.4. The number of rotatable bonds is 5. The van der Waals surface area contributed by atoms with Gasteiger partial charge >= 0.3 is 0 Å². The number of nitrogens with one attached hydrogen (secondary N) is 1. The lowest BCUT2D eigenvalue weighted by Crippen LogP contribution is -2.24. The molecule has 0 heterocycles. The number of para-hydroxylation sites is 1. The molecule has 0 aliphatic carbocycles. The first kappa shape index (κ1) is 15.9. The van der Waals surface area contributed by atoms with Crippen LogP contribution in [0.5, 0.6) is 11.5 Å². The van der Waals surface area contributed by atoms with Crippen LogP contribution in [0.3, 0.4) is 0 Å². The molecule has 0 unspecified atom stereocenters. The highest BCUT2D eigenvalue weighted by molar-refractivity contribution is 5.96. The Kier molecular flexibility index (Phi) is 5.04. The van der Waals surface area contributed by atoms with Gasteiger partial charge in [0.2, 0.25) is 0 Å². The Bertz CT molecular complexity index is 680. The van der Waals surface area contributed by atoms with E-state index in [2.05, 4.69) is 5.32 Å². The van der Waals surface area contributed by atoms with Gasteiger partial charge in [-0.15, -0.1) is 0 Å². The first-order valence-corrected chi connectivity index (χ1v) is 7.12. The van der Waals surface area contributed by atoms with Crippen molar-refractivity contribution in [2.75, 3.05) is 14.2 Å². The van der Waals surface area contributed by atoms with Crippen LogP contribution in [0.15, 0.2) is 36.4 Å². The summed E-state index contributed by atoms with van der Waals surface area (Å²) in [6.45, 7) is 4.30. The van der Waals surface area contributed by atoms with Gasteiger partial charge in [-0.1, -0.05) is 18.2 Å². The molecule has 1 N–H and O–H groups in total. The number of hydrogen-bond donors (Lipinski definition) is 1. The SMILES string of the molecule is COc1ccccc1CNC(=O)c1ccc(OC)c(C)c1C. The highest BCUT2D eigenvalue weighted by Crippen LogP contribution is 2.24. The molecule has 2 aromatic rings. The van der Waals surface area contributed by atoms with Crippen LogP contribution < -0.4 is 14.8 Å². The summed E-state index contributed by atoms with van der Waals surface area (Å²) in [5.41, 5.74) is 3.51. The Morgan fingerprint density at radius 2 is 1.64 bits per heavy atom. The van der Waals surface area contributed by atoms with Crippen LogP contribution in [0, 0.1) is 13.8 Å². The molecule has 0 saturated heterocycles. The third kappa shape index (κ3) is 3.22. The summed E-state index contributed by atoms with van der Waals surface area (Å²) in [6, 6.07) is 11.3. The van der Waals surface area contributed by atoms with Gasteiger partial charge in [-0.3, -0.25) is 4.79 Å². The average Bonchev–Trinajstić information content (AvgIpc) is 2.55. The summed E-state index contributed by atoms with van der Waals surface area (Å²) in [4.78, 5) is 12.4. The first-order chi connectivity index (χ1) is 10.6. The van der Waals surface area contributed by atoms with E-state index < -0.39 is 0 Å². The predicted octanol–water partition coefficient (Wildman–Crippen LogP) is 3.25. The van der Waals surface area contributed by atoms with E-state index in [4.69, 9.17) is 9.47 Å². The van der Waals surface area contributed by atoms with Crippen molar-refractivity contribution in [3.05, 3.63) is 58.7 Å². The smallest absolute Gasteiger partial charge is 0.251 e. The molecular formula is C18H21NO3. The summed E-state index contributed by atoms with van der Waals surface area (Å²) >= 11 is 0. The number of carbonyl (C=O) groups excluding carboxylic acids is 1. The molecule has 0 atom stereocenters. The van der Waals surface area contributed by atoms with Crippen LogP contribution in [0.2, 0.25) is 0 Å². The fraction of sp³-hybridized carbons (Fsp3) is 0.278. The molecule has 4 nitrogen and oxygen atoms in total. The Labute approximate surface area is 131 Å². The molecule has 116 valence electrons. The van der Waals surface area contributed by atoms with Crippen LogP contribution in [-0.4, -0.2) is 20.1 Å². The third-order valence-corrected chi connectivity index (χ3v) is 3.83. The summed E-state index contributed by atoms with van der Waals surface area (Å²) in [5, 5.41) is 2.94. The standard InChI is InChI=1S/C18H21NO3/c1-12-13(2)16(21-3)10-9-15(12)18(20)19-11-14-7-5-6-8-17(14)22-4/h5-10H,11H2,1-4H3,(H,19,20). The minimum atomic E-state index is -0.103. The molecule has 0 bridgehead atoms. The highest BCUT2D eigenvalue weighted by atomic mass is 16.5. The lowest BCUT2D eigenvalue weighted by molar-refractivity contribution is 0.0950. The van der Waals surface area contributed by atoms with Crippen molar-refractivity contribution >= 4 is 5.91 Å². The number of carbonyl (C=O) groups is 1. The van der Waals surface area contributed by atoms with E-state index in [-0.39, 0.29) is 5.91 Å². The van der Waals surface area contributed by atoms with Gasteiger partial charge in [0, 0.05) is 17.7 Å². The van der Waals surface area contributed by atoms with E-state index >= 15 is 0 Å². The number of benzene rings is 2. The van der Waals surface area contributed by atoms with Crippen LogP contribution in [0.4, 0.5) is 0 Å². The Morgan fingerprint density at radius 1 is 0.955 bits per heavy atom. The van der Waals surface area contributed by atoms with Crippen LogP contribution in [-0.2, 0) is 6.54 Å². The van der Waals surface area contributed by atoms with E-state index in [0.717, 1.165) is 28.2 Å². The van der Waals surface area contributed by atoms with Gasteiger partial charge < -0.3 is 14.8 Å². The zero-order valence-corrected chi connectivity index (χ0v) is 13.4. The molecule has 22 heavy (non-hydrogen) atoms. The molecule has 0 spiro atoms. The Morgan fingerprint density at radius 3 is 2.32 bits per heavy atom. The van der Waals surface area contributed by atoms with E-state index in [0.29, 0.717) is 12.1 Å². The zero-order chi connectivity index (χ0) is 16.1. The molecule has 2 aromatic carbocycles. The van der Waals surface area contributed by atoms with E-state index in [9.17, 15) is 4.79 Å². The maximum absolute atomic E-state index is 12.4. The van der Waals surface area contributed by atoms with E-state index in [1.54, 1.807) is 20.3 Å². The van der Waals surface area contributed by atoms with Gasteiger partial charge in [-0.05, 0) is 43.2 Å². The molecule has 2 rings (SSSR count). The molecule has 0 saturated carbocycles. The second-order valence-electron chi connectivity index (χ2n) is 5.06. The van der Waals surface area contributed by atoms with Gasteiger partial charge in [0.15, 0.2) is 0 Å². The Balaban J connectivity index is 2.15. The number of amides is 1. The number of hydrogen-bond acceptors (Lipinski definition) is 3. The predicted molar refractivity (Wildman–Crippen MR) is 86.6 cm³/mol. The van der Waals surface area contributed by atoms with Gasteiger partial charge in [0.1, 0.15) is 11.5 Å². The number of methoxy groups -OCH3 is 2. The summed E-state index contributed by atoms with van der Waals surface area (Å²) in [7, 11) is 3.25. The molecule has 0 aliphatic rings. The van der Waals surface area contributed by atoms with Crippen molar-refractivity contribution in [2.45, 2.75) is 20.4 Å². The molecule has 0 aliphatic heterocycles. The zero-order valence-electron chi connectivity index (χ0n) is 13.4. The average molecular weight is 299 g/mol. The van der Waals surface area contributed by atoms with Gasteiger partial charge in [-0.2, -0.15) is 0 Å². The van der Waals surface area contributed by atoms with Gasteiger partial charge in [0.25, 0.3) is 5.91 Å². The van der Waals surface area contributed by atoms with Crippen molar-refractivity contribution < 1.29 is 14.3 Å². The quantitative estimate of drug-likeness (QED) is 0.922. The fourth-order valence-corrected chi connectivity index (χ4v) is 2.38. The first-order valence-electron chi connectivity index (χ1n) is 7.12. The van der Waals surface area contributed by atoms with Crippen LogP contribution in [0.25, 0.3) is 0 Å². The van der Waals surface area contributed by atoms with Crippen molar-refractivity contribution in [1.29, 1.82) is 0 Å². The lowest BCUT2D eigenvalue weighted by Gasteiger charge is -2.13. The molecule has 0 fully saturated rings. The van der Waals surface area contributed by atoms with Gasteiger partial charge in [-0.25, -0.2) is 0 Å². The molecule has 1 amide bonds. The van der Waals surface area contributed by atoms with Crippen LogP contribution in [0.1, 0.15) is 27.0 Å². The topological polar surface area (TPSA) is 47.6 Å². The highest BCUT2D eigenvalue weighted by Gasteiger charge is 2.13.